The summed E-state index contributed by atoms with van der Waals surface area (Å²) in [6.45, 7) is 6.90. The highest BCUT2D eigenvalue weighted by Crippen LogP contribution is 2.16. The van der Waals surface area contributed by atoms with Crippen LogP contribution in [0.2, 0.25) is 0 Å². The van der Waals surface area contributed by atoms with Gasteiger partial charge in [0.15, 0.2) is 12.6 Å². The van der Waals surface area contributed by atoms with E-state index in [1.165, 1.54) is 0 Å². The second-order valence-electron chi connectivity index (χ2n) is 6.78. The van der Waals surface area contributed by atoms with Crippen molar-refractivity contribution in [2.45, 2.75) is 33.2 Å². The molecule has 2 aromatic carbocycles. The zero-order valence-corrected chi connectivity index (χ0v) is 17.2. The van der Waals surface area contributed by atoms with Gasteiger partial charge in [-0.2, -0.15) is 0 Å². The fourth-order valence-electron chi connectivity index (χ4n) is 2.69. The lowest BCUT2D eigenvalue weighted by Crippen LogP contribution is -2.38. The van der Waals surface area contributed by atoms with Gasteiger partial charge in [-0.25, -0.2) is 4.39 Å². The molecule has 6 nitrogen and oxygen atoms in total. The number of hydrogen-bond donors (Lipinski definition) is 3. The number of halogens is 1. The number of primary amides is 1. The summed E-state index contributed by atoms with van der Waals surface area (Å²) in [5, 5.41) is 6.53. The molecule has 0 heterocycles. The molecule has 0 aliphatic carbocycles. The predicted molar refractivity (Wildman–Crippen MR) is 114 cm³/mol. The summed E-state index contributed by atoms with van der Waals surface area (Å²) in [5.41, 5.74) is 7.66. The fraction of sp³-hybridized carbons (Fsp3) is 0.364. The molecule has 2 aromatic rings. The van der Waals surface area contributed by atoms with E-state index < -0.39 is 5.91 Å². The van der Waals surface area contributed by atoms with Crippen molar-refractivity contribution in [3.8, 4) is 5.75 Å². The van der Waals surface area contributed by atoms with Gasteiger partial charge in [0.25, 0.3) is 5.91 Å². The highest BCUT2D eigenvalue weighted by Gasteiger charge is 2.09. The number of carbonyl (C=O) groups excluding carboxylic acids is 1. The van der Waals surface area contributed by atoms with E-state index in [1.807, 2.05) is 32.0 Å². The number of carbonyl (C=O) groups is 1. The Balaban J connectivity index is 1.92. The van der Waals surface area contributed by atoms with Crippen molar-refractivity contribution in [2.24, 2.45) is 10.7 Å². The van der Waals surface area contributed by atoms with Crippen LogP contribution >= 0.6 is 0 Å². The van der Waals surface area contributed by atoms with Crippen molar-refractivity contribution in [3.63, 3.8) is 0 Å². The Morgan fingerprint density at radius 3 is 2.59 bits per heavy atom. The summed E-state index contributed by atoms with van der Waals surface area (Å²) in [7, 11) is 0. The number of nitrogens with zero attached hydrogens (tertiary/aromatic N) is 1. The Labute approximate surface area is 171 Å². The van der Waals surface area contributed by atoms with Crippen LogP contribution in [0.3, 0.4) is 0 Å². The molecule has 0 spiro atoms. The third-order valence-electron chi connectivity index (χ3n) is 4.37. The molecule has 0 saturated carbocycles. The van der Waals surface area contributed by atoms with Gasteiger partial charge in [-0.3, -0.25) is 9.79 Å². The molecule has 4 N–H and O–H groups in total. The Morgan fingerprint density at radius 2 is 1.97 bits per heavy atom. The molecule has 0 aliphatic rings. The van der Waals surface area contributed by atoms with Crippen LogP contribution in [0.25, 0.3) is 0 Å². The van der Waals surface area contributed by atoms with Gasteiger partial charge in [-0.1, -0.05) is 24.3 Å². The number of aliphatic imine (C=N–C) groups is 1. The third-order valence-corrected chi connectivity index (χ3v) is 4.37. The van der Waals surface area contributed by atoms with Crippen molar-refractivity contribution < 1.29 is 13.9 Å². The highest BCUT2D eigenvalue weighted by molar-refractivity contribution is 5.80. The number of rotatable bonds is 9. The average Bonchev–Trinajstić information content (AvgIpc) is 2.69. The molecule has 1 atom stereocenters. The lowest BCUT2D eigenvalue weighted by Gasteiger charge is -2.18. The van der Waals surface area contributed by atoms with Gasteiger partial charge < -0.3 is 21.1 Å². The number of benzene rings is 2. The fourth-order valence-corrected chi connectivity index (χ4v) is 2.69. The normalized spacial score (nSPS) is 12.3. The summed E-state index contributed by atoms with van der Waals surface area (Å²) < 4.78 is 19.1. The largest absolute Gasteiger partial charge is 0.484 e. The first-order valence-corrected chi connectivity index (χ1v) is 9.70. The van der Waals surface area contributed by atoms with Crippen LogP contribution in [0.1, 0.15) is 36.6 Å². The highest BCUT2D eigenvalue weighted by atomic mass is 19.1. The van der Waals surface area contributed by atoms with Crippen molar-refractivity contribution in [3.05, 3.63) is 65.0 Å². The molecule has 156 valence electrons. The smallest absolute Gasteiger partial charge is 0.255 e. The molecule has 0 bridgehead atoms. The first kappa shape index (κ1) is 22.2. The lowest BCUT2D eigenvalue weighted by molar-refractivity contribution is -0.119. The topological polar surface area (TPSA) is 88.7 Å². The first-order chi connectivity index (χ1) is 13.9. The van der Waals surface area contributed by atoms with E-state index in [1.54, 1.807) is 31.2 Å². The number of ether oxygens (including phenoxy) is 1. The van der Waals surface area contributed by atoms with Crippen molar-refractivity contribution in [1.82, 2.24) is 10.6 Å². The first-order valence-electron chi connectivity index (χ1n) is 9.70. The minimum absolute atomic E-state index is 0.0791. The molecular formula is C22H29FN4O2. The van der Waals surface area contributed by atoms with Gasteiger partial charge in [-0.15, -0.1) is 0 Å². The van der Waals surface area contributed by atoms with E-state index in [4.69, 9.17) is 10.5 Å². The summed E-state index contributed by atoms with van der Waals surface area (Å²) in [6, 6.07) is 12.7. The zero-order valence-electron chi connectivity index (χ0n) is 17.2. The van der Waals surface area contributed by atoms with Gasteiger partial charge in [0, 0.05) is 13.1 Å². The minimum Gasteiger partial charge on any atom is -0.484 e. The standard InChI is InChI=1S/C22H29FN4O2/c1-4-25-22(27-16(3)18-8-5-15(2)20(23)13-18)26-12-11-17-6-9-19(10-7-17)29-14-21(24)28/h5-10,13,16H,4,11-12,14H2,1-3H3,(H2,24,28)(H2,25,26,27). The molecule has 0 radical (unpaired) electrons. The Kier molecular flexibility index (Phi) is 8.45. The van der Waals surface area contributed by atoms with Gasteiger partial charge in [0.1, 0.15) is 11.6 Å². The molecule has 0 saturated heterocycles. The number of hydrogen-bond acceptors (Lipinski definition) is 3. The van der Waals surface area contributed by atoms with Crippen LogP contribution in [0, 0.1) is 12.7 Å². The van der Waals surface area contributed by atoms with E-state index in [0.717, 1.165) is 24.1 Å². The molecule has 0 aliphatic heterocycles. The van der Waals surface area contributed by atoms with Crippen LogP contribution in [-0.2, 0) is 11.2 Å². The molecule has 7 heteroatoms. The molecular weight excluding hydrogens is 371 g/mol. The van der Waals surface area contributed by atoms with E-state index in [9.17, 15) is 9.18 Å². The summed E-state index contributed by atoms with van der Waals surface area (Å²) in [4.78, 5) is 15.4. The SMILES string of the molecule is CCNC(=NCCc1ccc(OCC(N)=O)cc1)NC(C)c1ccc(C)c(F)c1. The maximum Gasteiger partial charge on any atom is 0.255 e. The van der Waals surface area contributed by atoms with Gasteiger partial charge >= 0.3 is 0 Å². The minimum atomic E-state index is -0.505. The van der Waals surface area contributed by atoms with Gasteiger partial charge in [-0.05, 0) is 62.1 Å². The van der Waals surface area contributed by atoms with Crippen LogP contribution in [-0.4, -0.2) is 31.6 Å². The second kappa shape index (κ2) is 11.0. The zero-order chi connectivity index (χ0) is 21.2. The third kappa shape index (κ3) is 7.44. The number of nitrogens with two attached hydrogens (primary N) is 1. The molecule has 0 fully saturated rings. The van der Waals surface area contributed by atoms with Crippen LogP contribution in [0.5, 0.6) is 5.75 Å². The van der Waals surface area contributed by atoms with E-state index >= 15 is 0 Å². The van der Waals surface area contributed by atoms with Crippen molar-refractivity contribution in [1.29, 1.82) is 0 Å². The van der Waals surface area contributed by atoms with Crippen LogP contribution in [0.4, 0.5) is 4.39 Å². The second-order valence-corrected chi connectivity index (χ2v) is 6.78. The molecule has 1 unspecified atom stereocenters. The summed E-state index contributed by atoms with van der Waals surface area (Å²) in [5.74, 6) is 0.573. The molecule has 0 aromatic heterocycles. The predicted octanol–water partition coefficient (Wildman–Crippen LogP) is 2.86. The monoisotopic (exact) mass is 400 g/mol. The van der Waals surface area contributed by atoms with Gasteiger partial charge in [0.05, 0.1) is 6.04 Å². The maximum atomic E-state index is 13.8. The number of nitrogens with one attached hydrogen (secondary N) is 2. The number of amides is 1. The maximum absolute atomic E-state index is 13.8. The van der Waals surface area contributed by atoms with Crippen LogP contribution in [0.15, 0.2) is 47.5 Å². The Morgan fingerprint density at radius 1 is 1.24 bits per heavy atom. The van der Waals surface area contributed by atoms with Crippen LogP contribution < -0.4 is 21.1 Å². The lowest BCUT2D eigenvalue weighted by atomic mass is 10.1. The van der Waals surface area contributed by atoms with E-state index in [2.05, 4.69) is 15.6 Å². The summed E-state index contributed by atoms with van der Waals surface area (Å²) >= 11 is 0. The van der Waals surface area contributed by atoms with Crippen molar-refractivity contribution in [2.75, 3.05) is 19.7 Å². The van der Waals surface area contributed by atoms with Crippen molar-refractivity contribution >= 4 is 11.9 Å². The average molecular weight is 400 g/mol. The Bertz CT molecular complexity index is 837. The Hall–Kier alpha value is -3.09. The quantitative estimate of drug-likeness (QED) is 0.446. The molecule has 1 amide bonds. The van der Waals surface area contributed by atoms with E-state index in [-0.39, 0.29) is 18.5 Å². The number of aryl methyl sites for hydroxylation is 1. The number of guanidine groups is 1. The molecule has 29 heavy (non-hydrogen) atoms. The van der Waals surface area contributed by atoms with Gasteiger partial charge in [0.2, 0.25) is 0 Å². The molecule has 2 rings (SSSR count). The summed E-state index contributed by atoms with van der Waals surface area (Å²) in [6.07, 6.45) is 0.750. The van der Waals surface area contributed by atoms with E-state index in [0.29, 0.717) is 23.8 Å².